The molecule has 3 aromatic heterocycles. The Bertz CT molecular complexity index is 1310. The van der Waals surface area contributed by atoms with Gasteiger partial charge in [-0.05, 0) is 55.6 Å². The van der Waals surface area contributed by atoms with Crippen molar-refractivity contribution in [3.8, 4) is 10.6 Å². The highest BCUT2D eigenvalue weighted by Gasteiger charge is 2.24. The molecular weight excluding hydrogens is 432 g/mol. The summed E-state index contributed by atoms with van der Waals surface area (Å²) >= 11 is 1.46. The second kappa shape index (κ2) is 8.60. The van der Waals surface area contributed by atoms with Gasteiger partial charge in [-0.15, -0.1) is 11.3 Å². The third-order valence-electron chi connectivity index (χ3n) is 4.70. The van der Waals surface area contributed by atoms with Crippen molar-refractivity contribution in [1.29, 1.82) is 0 Å². The number of rotatable bonds is 6. The third kappa shape index (κ3) is 4.21. The molecule has 4 rings (SSSR count). The van der Waals surface area contributed by atoms with Crippen molar-refractivity contribution in [3.63, 3.8) is 0 Å². The molecule has 10 heteroatoms. The van der Waals surface area contributed by atoms with Crippen LogP contribution in [-0.2, 0) is 9.53 Å². The van der Waals surface area contributed by atoms with E-state index in [4.69, 9.17) is 15.0 Å². The lowest BCUT2D eigenvalue weighted by molar-refractivity contribution is -0.123. The van der Waals surface area contributed by atoms with E-state index in [-0.39, 0.29) is 11.3 Å². The molecule has 9 nitrogen and oxygen atoms in total. The second-order valence-electron chi connectivity index (χ2n) is 6.96. The summed E-state index contributed by atoms with van der Waals surface area (Å²) in [7, 11) is 0. The van der Waals surface area contributed by atoms with Gasteiger partial charge in [0.2, 0.25) is 5.91 Å². The van der Waals surface area contributed by atoms with E-state index in [1.54, 1.807) is 13.0 Å². The number of thiophene rings is 1. The predicted octanol–water partition coefficient (Wildman–Crippen LogP) is 3.54. The molecule has 0 saturated heterocycles. The Hall–Kier alpha value is -4.05. The maximum atomic E-state index is 13.0. The number of aryl methyl sites for hydroxylation is 1. The average molecular weight is 450 g/mol. The molecule has 1 atom stereocenters. The zero-order valence-electron chi connectivity index (χ0n) is 17.1. The monoisotopic (exact) mass is 450 g/mol. The number of hydrogen-bond acceptors (Lipinski definition) is 8. The highest BCUT2D eigenvalue weighted by Crippen LogP contribution is 2.30. The number of amides is 2. The lowest BCUT2D eigenvalue weighted by Gasteiger charge is -2.14. The lowest BCUT2D eigenvalue weighted by Crippen LogP contribution is -2.30. The van der Waals surface area contributed by atoms with Gasteiger partial charge in [0.15, 0.2) is 6.10 Å². The van der Waals surface area contributed by atoms with Crippen LogP contribution in [-0.4, -0.2) is 34.0 Å². The van der Waals surface area contributed by atoms with Gasteiger partial charge in [-0.2, -0.15) is 0 Å². The van der Waals surface area contributed by atoms with E-state index < -0.39 is 23.9 Å². The number of fused-ring (bicyclic) bond motifs is 1. The van der Waals surface area contributed by atoms with Crippen molar-refractivity contribution in [2.24, 2.45) is 5.73 Å². The fourth-order valence-electron chi connectivity index (χ4n) is 3.05. The first-order valence-electron chi connectivity index (χ1n) is 9.56. The smallest absolute Gasteiger partial charge is 0.339 e. The van der Waals surface area contributed by atoms with Gasteiger partial charge in [0, 0.05) is 11.3 Å². The Balaban J connectivity index is 1.54. The molecule has 4 aromatic rings. The van der Waals surface area contributed by atoms with Crippen molar-refractivity contribution in [2.45, 2.75) is 20.0 Å². The van der Waals surface area contributed by atoms with Crippen molar-refractivity contribution >= 4 is 45.9 Å². The molecule has 0 saturated carbocycles. The zero-order valence-corrected chi connectivity index (χ0v) is 17.9. The maximum Gasteiger partial charge on any atom is 0.339 e. The van der Waals surface area contributed by atoms with Crippen LogP contribution in [0, 0.1) is 6.92 Å². The number of nitrogens with two attached hydrogens (primary N) is 1. The minimum absolute atomic E-state index is 0.211. The molecule has 0 aliphatic rings. The molecule has 0 bridgehead atoms. The number of primary amides is 1. The van der Waals surface area contributed by atoms with Gasteiger partial charge in [-0.1, -0.05) is 11.2 Å². The Kier molecular flexibility index (Phi) is 5.69. The van der Waals surface area contributed by atoms with Crippen LogP contribution in [0.3, 0.4) is 0 Å². The normalized spacial score (nSPS) is 11.8. The molecule has 2 amide bonds. The molecule has 3 N–H and O–H groups in total. The van der Waals surface area contributed by atoms with Crippen LogP contribution in [0.15, 0.2) is 52.4 Å². The lowest BCUT2D eigenvalue weighted by atomic mass is 10.1. The molecule has 0 spiro atoms. The van der Waals surface area contributed by atoms with E-state index in [2.05, 4.69) is 15.5 Å². The van der Waals surface area contributed by atoms with Crippen LogP contribution < -0.4 is 11.1 Å². The summed E-state index contributed by atoms with van der Waals surface area (Å²) < 4.78 is 10.7. The average Bonchev–Trinajstić information content (AvgIpc) is 3.44. The van der Waals surface area contributed by atoms with Crippen molar-refractivity contribution < 1.29 is 23.6 Å². The van der Waals surface area contributed by atoms with E-state index in [1.807, 2.05) is 17.5 Å². The fourth-order valence-corrected chi connectivity index (χ4v) is 3.73. The molecule has 32 heavy (non-hydrogen) atoms. The maximum absolute atomic E-state index is 13.0. The van der Waals surface area contributed by atoms with Crippen LogP contribution in [0.25, 0.3) is 21.7 Å². The number of nitrogens with one attached hydrogen (secondary N) is 1. The number of hydrogen-bond donors (Lipinski definition) is 2. The minimum Gasteiger partial charge on any atom is -0.449 e. The van der Waals surface area contributed by atoms with Crippen molar-refractivity contribution in [1.82, 2.24) is 10.1 Å². The van der Waals surface area contributed by atoms with Crippen LogP contribution in [0.2, 0.25) is 0 Å². The van der Waals surface area contributed by atoms with Crippen molar-refractivity contribution in [2.75, 3.05) is 5.32 Å². The molecule has 0 aliphatic heterocycles. The zero-order chi connectivity index (χ0) is 22.8. The molecule has 3 heterocycles. The fraction of sp³-hybridized carbons (Fsp3) is 0.136. The highest BCUT2D eigenvalue weighted by atomic mass is 32.1. The largest absolute Gasteiger partial charge is 0.449 e. The number of carbonyl (C=O) groups excluding carboxylic acids is 3. The minimum atomic E-state index is -1.09. The van der Waals surface area contributed by atoms with Gasteiger partial charge in [0.1, 0.15) is 0 Å². The molecule has 0 fully saturated rings. The standard InChI is InChI=1S/C22H18N4O5S/c1-11-18-15(10-16(17-4-3-9-32-17)25-21(18)31-26-11)22(29)30-12(2)20(28)24-14-7-5-13(6-8-14)19(23)27/h3-10,12H,1-2H3,(H2,23,27)(H,24,28). The number of carbonyl (C=O) groups is 3. The number of pyridine rings is 1. The number of aromatic nitrogens is 2. The molecule has 1 aromatic carbocycles. The molecule has 1 unspecified atom stereocenters. The van der Waals surface area contributed by atoms with E-state index >= 15 is 0 Å². The highest BCUT2D eigenvalue weighted by molar-refractivity contribution is 7.13. The Morgan fingerprint density at radius 1 is 1.19 bits per heavy atom. The van der Waals surface area contributed by atoms with Gasteiger partial charge in [-0.25, -0.2) is 9.78 Å². The molecule has 0 aliphatic carbocycles. The van der Waals surface area contributed by atoms with Gasteiger partial charge in [0.25, 0.3) is 11.6 Å². The number of ether oxygens (including phenoxy) is 1. The Labute approximate surface area is 186 Å². The number of esters is 1. The van der Waals surface area contributed by atoms with Gasteiger partial charge in [0.05, 0.1) is 27.2 Å². The summed E-state index contributed by atoms with van der Waals surface area (Å²) in [6.07, 6.45) is -1.09. The molecule has 162 valence electrons. The first-order chi connectivity index (χ1) is 15.3. The summed E-state index contributed by atoms with van der Waals surface area (Å²) in [5.74, 6) is -1.80. The van der Waals surface area contributed by atoms with E-state index in [1.165, 1.54) is 42.5 Å². The first kappa shape index (κ1) is 21.2. The van der Waals surface area contributed by atoms with Crippen LogP contribution >= 0.6 is 11.3 Å². The molecular formula is C22H18N4O5S. The van der Waals surface area contributed by atoms with E-state index in [9.17, 15) is 14.4 Å². The van der Waals surface area contributed by atoms with Gasteiger partial charge in [-0.3, -0.25) is 9.59 Å². The summed E-state index contributed by atoms with van der Waals surface area (Å²) in [4.78, 5) is 41.9. The topological polar surface area (TPSA) is 137 Å². The van der Waals surface area contributed by atoms with Crippen LogP contribution in [0.4, 0.5) is 5.69 Å². The van der Waals surface area contributed by atoms with Gasteiger partial charge < -0.3 is 20.3 Å². The number of nitrogens with zero attached hydrogens (tertiary/aromatic N) is 2. The first-order valence-corrected chi connectivity index (χ1v) is 10.4. The third-order valence-corrected chi connectivity index (χ3v) is 5.59. The molecule has 0 radical (unpaired) electrons. The number of anilines is 1. The van der Waals surface area contributed by atoms with Crippen LogP contribution in [0.1, 0.15) is 33.3 Å². The quantitative estimate of drug-likeness (QED) is 0.429. The SMILES string of the molecule is Cc1noc2nc(-c3cccs3)cc(C(=O)OC(C)C(=O)Nc3ccc(C(N)=O)cc3)c12. The Morgan fingerprint density at radius 3 is 2.59 bits per heavy atom. The van der Waals surface area contributed by atoms with Gasteiger partial charge >= 0.3 is 5.97 Å². The summed E-state index contributed by atoms with van der Waals surface area (Å²) in [6.45, 7) is 3.16. The summed E-state index contributed by atoms with van der Waals surface area (Å²) in [6, 6.07) is 11.4. The predicted molar refractivity (Wildman–Crippen MR) is 118 cm³/mol. The number of benzene rings is 1. The Morgan fingerprint density at radius 2 is 1.94 bits per heavy atom. The summed E-state index contributed by atoms with van der Waals surface area (Å²) in [5.41, 5.74) is 7.42. The van der Waals surface area contributed by atoms with E-state index in [0.717, 1.165) is 4.88 Å². The van der Waals surface area contributed by atoms with E-state index in [0.29, 0.717) is 28.0 Å². The summed E-state index contributed by atoms with van der Waals surface area (Å²) in [5, 5.41) is 8.86. The second-order valence-corrected chi connectivity index (χ2v) is 7.91. The van der Waals surface area contributed by atoms with Crippen LogP contribution in [0.5, 0.6) is 0 Å². The van der Waals surface area contributed by atoms with Crippen molar-refractivity contribution in [3.05, 3.63) is 64.7 Å².